The van der Waals surface area contributed by atoms with Gasteiger partial charge in [0.15, 0.2) is 0 Å². The SMILES string of the molecule is CCCC(N)c1c(O)cc(C)cc1O. The minimum absolute atomic E-state index is 0.0865. The third-order valence-electron chi connectivity index (χ3n) is 2.25. The second-order valence-electron chi connectivity index (χ2n) is 3.61. The molecule has 0 spiro atoms. The van der Waals surface area contributed by atoms with Gasteiger partial charge in [-0.25, -0.2) is 0 Å². The third kappa shape index (κ3) is 2.17. The van der Waals surface area contributed by atoms with Gasteiger partial charge in [0, 0.05) is 6.04 Å². The molecule has 78 valence electrons. The summed E-state index contributed by atoms with van der Waals surface area (Å²) in [6.45, 7) is 3.83. The molecule has 0 aliphatic heterocycles. The van der Waals surface area contributed by atoms with Gasteiger partial charge in [0.1, 0.15) is 11.5 Å². The van der Waals surface area contributed by atoms with Crippen molar-refractivity contribution in [1.29, 1.82) is 0 Å². The smallest absolute Gasteiger partial charge is 0.124 e. The molecule has 0 saturated heterocycles. The van der Waals surface area contributed by atoms with Crippen molar-refractivity contribution < 1.29 is 10.2 Å². The Morgan fingerprint density at radius 2 is 1.79 bits per heavy atom. The van der Waals surface area contributed by atoms with Crippen LogP contribution < -0.4 is 5.73 Å². The molecule has 3 nitrogen and oxygen atoms in total. The van der Waals surface area contributed by atoms with E-state index >= 15 is 0 Å². The Hall–Kier alpha value is -1.22. The average molecular weight is 195 g/mol. The number of hydrogen-bond donors (Lipinski definition) is 3. The Balaban J connectivity index is 3.07. The summed E-state index contributed by atoms with van der Waals surface area (Å²) in [6.07, 6.45) is 1.68. The fourth-order valence-corrected chi connectivity index (χ4v) is 1.59. The molecule has 0 saturated carbocycles. The Morgan fingerprint density at radius 1 is 1.29 bits per heavy atom. The number of aryl methyl sites for hydroxylation is 1. The van der Waals surface area contributed by atoms with Gasteiger partial charge in [-0.2, -0.15) is 0 Å². The predicted molar refractivity (Wildman–Crippen MR) is 56.3 cm³/mol. The molecule has 0 amide bonds. The molecule has 0 bridgehead atoms. The van der Waals surface area contributed by atoms with Gasteiger partial charge in [0.2, 0.25) is 0 Å². The van der Waals surface area contributed by atoms with Crippen molar-refractivity contribution in [3.63, 3.8) is 0 Å². The Morgan fingerprint density at radius 3 is 2.21 bits per heavy atom. The maximum atomic E-state index is 9.63. The Bertz CT molecular complexity index is 300. The maximum Gasteiger partial charge on any atom is 0.124 e. The quantitative estimate of drug-likeness (QED) is 0.692. The van der Waals surface area contributed by atoms with E-state index in [0.29, 0.717) is 5.56 Å². The highest BCUT2D eigenvalue weighted by Crippen LogP contribution is 2.34. The fourth-order valence-electron chi connectivity index (χ4n) is 1.59. The van der Waals surface area contributed by atoms with Crippen molar-refractivity contribution in [2.75, 3.05) is 0 Å². The summed E-state index contributed by atoms with van der Waals surface area (Å²) < 4.78 is 0. The molecule has 1 atom stereocenters. The van der Waals surface area contributed by atoms with Gasteiger partial charge in [0.25, 0.3) is 0 Å². The van der Waals surface area contributed by atoms with Crippen molar-refractivity contribution in [2.24, 2.45) is 5.73 Å². The minimum Gasteiger partial charge on any atom is -0.507 e. The number of phenols is 2. The standard InChI is InChI=1S/C11H17NO2/c1-3-4-8(12)11-9(13)5-7(2)6-10(11)14/h5-6,8,13-14H,3-4,12H2,1-2H3. The van der Waals surface area contributed by atoms with Crippen LogP contribution >= 0.6 is 0 Å². The molecular formula is C11H17NO2. The molecule has 1 aromatic carbocycles. The van der Waals surface area contributed by atoms with Crippen LogP contribution in [0, 0.1) is 6.92 Å². The average Bonchev–Trinajstić information content (AvgIpc) is 2.01. The van der Waals surface area contributed by atoms with Gasteiger partial charge < -0.3 is 15.9 Å². The summed E-state index contributed by atoms with van der Waals surface area (Å²) >= 11 is 0. The van der Waals surface area contributed by atoms with Crippen molar-refractivity contribution in [3.8, 4) is 11.5 Å². The van der Waals surface area contributed by atoms with Crippen molar-refractivity contribution in [3.05, 3.63) is 23.3 Å². The number of hydrogen-bond acceptors (Lipinski definition) is 3. The van der Waals surface area contributed by atoms with E-state index < -0.39 is 0 Å². The molecule has 0 fully saturated rings. The van der Waals surface area contributed by atoms with E-state index in [4.69, 9.17) is 5.73 Å². The van der Waals surface area contributed by atoms with Crippen LogP contribution in [-0.2, 0) is 0 Å². The number of nitrogens with two attached hydrogens (primary N) is 1. The van der Waals surface area contributed by atoms with Gasteiger partial charge in [-0.05, 0) is 31.0 Å². The summed E-state index contributed by atoms with van der Waals surface area (Å²) in [5.41, 5.74) is 7.12. The van der Waals surface area contributed by atoms with Crippen molar-refractivity contribution >= 4 is 0 Å². The number of rotatable bonds is 3. The Kier molecular flexibility index (Phi) is 3.36. The van der Waals surface area contributed by atoms with Crippen LogP contribution in [0.2, 0.25) is 0 Å². The normalized spacial score (nSPS) is 12.8. The lowest BCUT2D eigenvalue weighted by molar-refractivity contribution is 0.424. The van der Waals surface area contributed by atoms with Crippen LogP contribution in [0.5, 0.6) is 11.5 Å². The lowest BCUT2D eigenvalue weighted by atomic mass is 9.99. The van der Waals surface area contributed by atoms with E-state index in [1.54, 1.807) is 12.1 Å². The summed E-state index contributed by atoms with van der Waals surface area (Å²) in [7, 11) is 0. The van der Waals surface area contributed by atoms with Crippen LogP contribution in [0.3, 0.4) is 0 Å². The van der Waals surface area contributed by atoms with E-state index in [0.717, 1.165) is 18.4 Å². The molecule has 0 radical (unpaired) electrons. The maximum absolute atomic E-state index is 9.63. The first-order chi connectivity index (χ1) is 6.56. The third-order valence-corrected chi connectivity index (χ3v) is 2.25. The lowest BCUT2D eigenvalue weighted by Gasteiger charge is -2.14. The summed E-state index contributed by atoms with van der Waals surface area (Å²) in [6, 6.07) is 2.94. The monoisotopic (exact) mass is 195 g/mol. The minimum atomic E-state index is -0.291. The first kappa shape index (κ1) is 10.9. The largest absolute Gasteiger partial charge is 0.507 e. The zero-order valence-corrected chi connectivity index (χ0v) is 8.62. The van der Waals surface area contributed by atoms with Gasteiger partial charge >= 0.3 is 0 Å². The van der Waals surface area contributed by atoms with Crippen LogP contribution in [0.25, 0.3) is 0 Å². The highest BCUT2D eigenvalue weighted by molar-refractivity contribution is 5.47. The molecule has 0 aliphatic carbocycles. The lowest BCUT2D eigenvalue weighted by Crippen LogP contribution is -2.10. The fraction of sp³-hybridized carbons (Fsp3) is 0.455. The summed E-state index contributed by atoms with van der Waals surface area (Å²) in [5, 5.41) is 19.3. The van der Waals surface area contributed by atoms with Gasteiger partial charge in [-0.3, -0.25) is 0 Å². The molecule has 1 rings (SSSR count). The molecular weight excluding hydrogens is 178 g/mol. The molecule has 1 unspecified atom stereocenters. The van der Waals surface area contributed by atoms with E-state index in [1.165, 1.54) is 0 Å². The van der Waals surface area contributed by atoms with Gasteiger partial charge in [0.05, 0.1) is 5.56 Å². The van der Waals surface area contributed by atoms with Crippen molar-refractivity contribution in [1.82, 2.24) is 0 Å². The van der Waals surface area contributed by atoms with Crippen LogP contribution in [-0.4, -0.2) is 10.2 Å². The molecule has 1 aromatic rings. The van der Waals surface area contributed by atoms with E-state index in [1.807, 2.05) is 13.8 Å². The van der Waals surface area contributed by atoms with E-state index in [-0.39, 0.29) is 17.5 Å². The van der Waals surface area contributed by atoms with Gasteiger partial charge in [-0.15, -0.1) is 0 Å². The first-order valence-corrected chi connectivity index (χ1v) is 4.84. The highest BCUT2D eigenvalue weighted by Gasteiger charge is 2.15. The number of aromatic hydroxyl groups is 2. The summed E-state index contributed by atoms with van der Waals surface area (Å²) in [5.74, 6) is 0.173. The second kappa shape index (κ2) is 4.33. The predicted octanol–water partition coefficient (Wildman–Crippen LogP) is 2.21. The molecule has 3 heteroatoms. The molecule has 4 N–H and O–H groups in total. The molecule has 14 heavy (non-hydrogen) atoms. The highest BCUT2D eigenvalue weighted by atomic mass is 16.3. The van der Waals surface area contributed by atoms with E-state index in [2.05, 4.69) is 0 Å². The molecule has 0 heterocycles. The topological polar surface area (TPSA) is 66.5 Å². The Labute approximate surface area is 84.2 Å². The number of phenolic OH excluding ortho intramolecular Hbond substituents is 2. The van der Waals surface area contributed by atoms with E-state index in [9.17, 15) is 10.2 Å². The first-order valence-electron chi connectivity index (χ1n) is 4.84. The van der Waals surface area contributed by atoms with Crippen molar-refractivity contribution in [2.45, 2.75) is 32.7 Å². The van der Waals surface area contributed by atoms with Crippen LogP contribution in [0.15, 0.2) is 12.1 Å². The zero-order valence-electron chi connectivity index (χ0n) is 8.62. The number of benzene rings is 1. The zero-order chi connectivity index (χ0) is 10.7. The molecule has 0 aliphatic rings. The van der Waals surface area contributed by atoms with Crippen LogP contribution in [0.1, 0.15) is 36.9 Å². The summed E-state index contributed by atoms with van der Waals surface area (Å²) in [4.78, 5) is 0. The van der Waals surface area contributed by atoms with Gasteiger partial charge in [-0.1, -0.05) is 13.3 Å². The molecule has 0 aromatic heterocycles. The van der Waals surface area contributed by atoms with Crippen LogP contribution in [0.4, 0.5) is 0 Å². The second-order valence-corrected chi connectivity index (χ2v) is 3.61.